The summed E-state index contributed by atoms with van der Waals surface area (Å²) in [5.74, 6) is 1.00. The van der Waals surface area contributed by atoms with Crippen molar-refractivity contribution in [3.63, 3.8) is 0 Å². The molecule has 0 aromatic carbocycles. The lowest BCUT2D eigenvalue weighted by Gasteiger charge is -1.99. The number of rotatable bonds is 3. The largest absolute Gasteiger partial charge is 0.224 e. The van der Waals surface area contributed by atoms with Crippen LogP contribution in [0.2, 0.25) is 0 Å². The van der Waals surface area contributed by atoms with Crippen molar-refractivity contribution >= 4 is 0 Å². The molecule has 0 radical (unpaired) electrons. The van der Waals surface area contributed by atoms with Crippen molar-refractivity contribution in [2.75, 3.05) is 0 Å². The number of aromatic nitrogens is 3. The van der Waals surface area contributed by atoms with Crippen molar-refractivity contribution in [2.45, 2.75) is 59.4 Å². The summed E-state index contributed by atoms with van der Waals surface area (Å²) in [6.07, 6.45) is 0. The third-order valence-corrected chi connectivity index (χ3v) is 2.34. The standard InChI is InChI=1S/C11H21N3/c1-7(2)10-11(8(3)4)13-14(12-10)9(5)6/h7-9H,1-6H3/p+1. The summed E-state index contributed by atoms with van der Waals surface area (Å²) < 4.78 is 0. The molecule has 0 aliphatic rings. The molecule has 0 spiro atoms. The zero-order chi connectivity index (χ0) is 10.9. The Morgan fingerprint density at radius 1 is 1.00 bits per heavy atom. The fraction of sp³-hybridized carbons (Fsp3) is 0.818. The molecule has 0 fully saturated rings. The molecule has 1 N–H and O–H groups in total. The van der Waals surface area contributed by atoms with Crippen molar-refractivity contribution < 1.29 is 5.10 Å². The van der Waals surface area contributed by atoms with E-state index in [-0.39, 0.29) is 0 Å². The Balaban J connectivity index is 3.12. The molecule has 0 amide bonds. The Morgan fingerprint density at radius 2 is 1.57 bits per heavy atom. The Labute approximate surface area is 86.5 Å². The van der Waals surface area contributed by atoms with Crippen LogP contribution in [-0.2, 0) is 0 Å². The zero-order valence-corrected chi connectivity index (χ0v) is 10.1. The minimum absolute atomic E-state index is 0.403. The predicted molar refractivity (Wildman–Crippen MR) is 57.3 cm³/mol. The quantitative estimate of drug-likeness (QED) is 0.731. The summed E-state index contributed by atoms with van der Waals surface area (Å²) in [6, 6.07) is 0.403. The van der Waals surface area contributed by atoms with Crippen molar-refractivity contribution in [2.24, 2.45) is 0 Å². The van der Waals surface area contributed by atoms with E-state index in [1.807, 2.05) is 4.80 Å². The monoisotopic (exact) mass is 196 g/mol. The summed E-state index contributed by atoms with van der Waals surface area (Å²) in [5, 5.41) is 7.96. The van der Waals surface area contributed by atoms with Crippen molar-refractivity contribution in [3.05, 3.63) is 11.4 Å². The van der Waals surface area contributed by atoms with E-state index < -0.39 is 0 Å². The van der Waals surface area contributed by atoms with Gasteiger partial charge in [0.25, 0.3) is 0 Å². The molecule has 1 heterocycles. The molecule has 0 atom stereocenters. The highest BCUT2D eigenvalue weighted by Crippen LogP contribution is 2.20. The number of hydrogen-bond donors (Lipinski definition) is 0. The van der Waals surface area contributed by atoms with Gasteiger partial charge in [0.1, 0.15) is 6.04 Å². The lowest BCUT2D eigenvalue weighted by Crippen LogP contribution is -2.24. The first-order valence-corrected chi connectivity index (χ1v) is 5.45. The second-order valence-corrected chi connectivity index (χ2v) is 4.76. The van der Waals surface area contributed by atoms with E-state index in [1.165, 1.54) is 11.4 Å². The van der Waals surface area contributed by atoms with E-state index in [2.05, 4.69) is 51.7 Å². The minimum Gasteiger partial charge on any atom is -0.170 e. The Bertz CT molecular complexity index is 272. The van der Waals surface area contributed by atoms with Crippen LogP contribution in [0.25, 0.3) is 0 Å². The zero-order valence-electron chi connectivity index (χ0n) is 10.1. The van der Waals surface area contributed by atoms with E-state index in [0.29, 0.717) is 17.9 Å². The second-order valence-electron chi connectivity index (χ2n) is 4.76. The van der Waals surface area contributed by atoms with Crippen molar-refractivity contribution in [1.29, 1.82) is 0 Å². The average molecular weight is 196 g/mol. The van der Waals surface area contributed by atoms with Gasteiger partial charge < -0.3 is 0 Å². The fourth-order valence-corrected chi connectivity index (χ4v) is 1.47. The van der Waals surface area contributed by atoms with Crippen LogP contribution < -0.4 is 5.10 Å². The molecule has 14 heavy (non-hydrogen) atoms. The van der Waals surface area contributed by atoms with Gasteiger partial charge in [0, 0.05) is 16.9 Å². The second kappa shape index (κ2) is 4.11. The van der Waals surface area contributed by atoms with Gasteiger partial charge in [0.05, 0.1) is 0 Å². The van der Waals surface area contributed by atoms with Gasteiger partial charge >= 0.3 is 0 Å². The topological polar surface area (TPSA) is 32.0 Å². The number of aromatic amines is 1. The van der Waals surface area contributed by atoms with E-state index >= 15 is 0 Å². The van der Waals surface area contributed by atoms with Crippen LogP contribution in [0, 0.1) is 0 Å². The van der Waals surface area contributed by atoms with Crippen molar-refractivity contribution in [3.8, 4) is 0 Å². The summed E-state index contributed by atoms with van der Waals surface area (Å²) in [7, 11) is 0. The highest BCUT2D eigenvalue weighted by molar-refractivity contribution is 5.11. The maximum absolute atomic E-state index is 4.59. The van der Waals surface area contributed by atoms with Crippen LogP contribution >= 0.6 is 0 Å². The van der Waals surface area contributed by atoms with Gasteiger partial charge in [0.15, 0.2) is 5.69 Å². The first-order chi connectivity index (χ1) is 6.43. The van der Waals surface area contributed by atoms with Crippen LogP contribution in [0.4, 0.5) is 0 Å². The first kappa shape index (κ1) is 11.2. The Hall–Kier alpha value is -0.860. The Morgan fingerprint density at radius 3 is 1.86 bits per heavy atom. The predicted octanol–water partition coefficient (Wildman–Crippen LogP) is 2.52. The van der Waals surface area contributed by atoms with Crippen LogP contribution in [0.15, 0.2) is 0 Å². The van der Waals surface area contributed by atoms with E-state index in [4.69, 9.17) is 0 Å². The minimum atomic E-state index is 0.403. The number of nitrogens with zero attached hydrogens (tertiary/aromatic N) is 2. The average Bonchev–Trinajstić information content (AvgIpc) is 2.47. The van der Waals surface area contributed by atoms with Gasteiger partial charge in [0.2, 0.25) is 5.69 Å². The molecule has 3 nitrogen and oxygen atoms in total. The van der Waals surface area contributed by atoms with E-state index in [1.54, 1.807) is 0 Å². The normalized spacial score (nSPS) is 12.1. The lowest BCUT2D eigenvalue weighted by molar-refractivity contribution is -0.511. The maximum Gasteiger partial charge on any atom is 0.224 e. The summed E-state index contributed by atoms with van der Waals surface area (Å²) >= 11 is 0. The molecule has 3 heteroatoms. The van der Waals surface area contributed by atoms with Gasteiger partial charge in [-0.2, -0.15) is 5.10 Å². The lowest BCUT2D eigenvalue weighted by atomic mass is 10.0. The van der Waals surface area contributed by atoms with Crippen LogP contribution in [0.1, 0.15) is 70.8 Å². The smallest absolute Gasteiger partial charge is 0.170 e. The van der Waals surface area contributed by atoms with Crippen LogP contribution in [0.5, 0.6) is 0 Å². The molecule has 1 rings (SSSR count). The maximum atomic E-state index is 4.59. The van der Waals surface area contributed by atoms with Gasteiger partial charge in [-0.1, -0.05) is 27.7 Å². The molecule has 0 aliphatic heterocycles. The molecule has 0 saturated carbocycles. The summed E-state index contributed by atoms with van der Waals surface area (Å²) in [4.78, 5) is 1.95. The Kier molecular flexibility index (Phi) is 3.29. The van der Waals surface area contributed by atoms with Crippen LogP contribution in [0.3, 0.4) is 0 Å². The molecule has 80 valence electrons. The van der Waals surface area contributed by atoms with Gasteiger partial charge in [-0.15, -0.1) is 0 Å². The van der Waals surface area contributed by atoms with Gasteiger partial charge in [-0.05, 0) is 18.6 Å². The number of hydrogen-bond acceptors (Lipinski definition) is 1. The summed E-state index contributed by atoms with van der Waals surface area (Å²) in [6.45, 7) is 13.0. The number of H-pyrrole nitrogens is 1. The molecule has 1 aromatic rings. The molecule has 0 bridgehead atoms. The number of nitrogens with one attached hydrogen (secondary N) is 1. The molecule has 0 aliphatic carbocycles. The molecular weight excluding hydrogens is 174 g/mol. The molecule has 0 unspecified atom stereocenters. The molecule has 1 aromatic heterocycles. The van der Waals surface area contributed by atoms with Gasteiger partial charge in [-0.25, -0.2) is 0 Å². The third-order valence-electron chi connectivity index (χ3n) is 2.34. The van der Waals surface area contributed by atoms with Gasteiger partial charge in [-0.3, -0.25) is 0 Å². The highest BCUT2D eigenvalue weighted by Gasteiger charge is 2.25. The van der Waals surface area contributed by atoms with Crippen molar-refractivity contribution in [1.82, 2.24) is 9.90 Å². The SMILES string of the molecule is CC(C)c1nn(C(C)C)[nH+]c1C(C)C. The third kappa shape index (κ3) is 2.14. The molecular formula is C11H22N3+. The molecule has 0 saturated heterocycles. The van der Waals surface area contributed by atoms with E-state index in [9.17, 15) is 0 Å². The van der Waals surface area contributed by atoms with Crippen LogP contribution in [-0.4, -0.2) is 9.90 Å². The first-order valence-electron chi connectivity index (χ1n) is 5.45. The highest BCUT2D eigenvalue weighted by atomic mass is 15.5. The fourth-order valence-electron chi connectivity index (χ4n) is 1.47. The summed E-state index contributed by atoms with van der Waals surface area (Å²) in [5.41, 5.74) is 2.47. The van der Waals surface area contributed by atoms with E-state index in [0.717, 1.165) is 0 Å².